The van der Waals surface area contributed by atoms with Crippen LogP contribution in [0.25, 0.3) is 0 Å². The lowest BCUT2D eigenvalue weighted by Gasteiger charge is -2.19. The molecule has 1 aliphatic heterocycles. The summed E-state index contributed by atoms with van der Waals surface area (Å²) in [6.07, 6.45) is 1.56. The van der Waals surface area contributed by atoms with Crippen LogP contribution in [0, 0.1) is 0 Å². The summed E-state index contributed by atoms with van der Waals surface area (Å²) in [6, 6.07) is 7.42. The van der Waals surface area contributed by atoms with Crippen LogP contribution in [-0.4, -0.2) is 33.4 Å². The molecule has 1 saturated heterocycles. The first-order valence-corrected chi connectivity index (χ1v) is 6.32. The van der Waals surface area contributed by atoms with Crippen LogP contribution in [0.2, 0.25) is 0 Å². The van der Waals surface area contributed by atoms with E-state index in [9.17, 15) is 10.2 Å². The molecular formula is C14H21NO4. The van der Waals surface area contributed by atoms with Gasteiger partial charge >= 0.3 is 0 Å². The molecule has 0 radical (unpaired) electrons. The van der Waals surface area contributed by atoms with E-state index in [-0.39, 0.29) is 11.8 Å². The minimum Gasteiger partial charge on any atom is -0.508 e. The van der Waals surface area contributed by atoms with Crippen molar-refractivity contribution >= 4 is 5.97 Å². The highest BCUT2D eigenvalue weighted by atomic mass is 16.4. The second kappa shape index (κ2) is 7.11. The van der Waals surface area contributed by atoms with Crippen LogP contribution in [0.15, 0.2) is 24.3 Å². The highest BCUT2D eigenvalue weighted by Gasteiger charge is 2.27. The fourth-order valence-electron chi connectivity index (χ4n) is 2.15. The molecule has 2 rings (SSSR count). The van der Waals surface area contributed by atoms with Gasteiger partial charge in [0.15, 0.2) is 0 Å². The summed E-state index contributed by atoms with van der Waals surface area (Å²) in [5.41, 5.74) is 0.779. The summed E-state index contributed by atoms with van der Waals surface area (Å²) in [6.45, 7) is 3.20. The number of aromatic hydroxyl groups is 1. The van der Waals surface area contributed by atoms with Gasteiger partial charge in [0, 0.05) is 19.0 Å². The molecule has 1 aromatic carbocycles. The lowest BCUT2D eigenvalue weighted by molar-refractivity contribution is -0.134. The molecule has 0 saturated carbocycles. The molecule has 1 heterocycles. The number of hydrogen-bond donors (Lipinski definition) is 4. The van der Waals surface area contributed by atoms with Gasteiger partial charge in [0.05, 0.1) is 6.10 Å². The monoisotopic (exact) mass is 267 g/mol. The Morgan fingerprint density at radius 3 is 2.53 bits per heavy atom. The van der Waals surface area contributed by atoms with Gasteiger partial charge in [-0.05, 0) is 37.5 Å². The summed E-state index contributed by atoms with van der Waals surface area (Å²) in [5.74, 6) is -0.627. The Bertz CT molecular complexity index is 418. The van der Waals surface area contributed by atoms with Crippen molar-refractivity contribution in [2.75, 3.05) is 0 Å². The zero-order valence-corrected chi connectivity index (χ0v) is 11.2. The maximum absolute atomic E-state index is 10.1. The predicted molar refractivity (Wildman–Crippen MR) is 72.0 cm³/mol. The van der Waals surface area contributed by atoms with Crippen LogP contribution in [-0.2, 0) is 4.79 Å². The van der Waals surface area contributed by atoms with Crippen LogP contribution in [0.3, 0.4) is 0 Å². The van der Waals surface area contributed by atoms with Gasteiger partial charge in [-0.3, -0.25) is 4.79 Å². The van der Waals surface area contributed by atoms with Crippen molar-refractivity contribution in [3.8, 4) is 5.75 Å². The third-order valence-electron chi connectivity index (χ3n) is 3.00. The van der Waals surface area contributed by atoms with Crippen molar-refractivity contribution in [2.24, 2.45) is 0 Å². The number of hydrogen-bond acceptors (Lipinski definition) is 4. The number of aliphatic hydroxyl groups excluding tert-OH is 1. The first-order valence-electron chi connectivity index (χ1n) is 6.32. The number of phenols is 1. The summed E-state index contributed by atoms with van der Waals surface area (Å²) in [7, 11) is 0. The van der Waals surface area contributed by atoms with Gasteiger partial charge in [0.1, 0.15) is 5.75 Å². The molecule has 19 heavy (non-hydrogen) atoms. The molecule has 0 spiro atoms. The molecular weight excluding hydrogens is 246 g/mol. The molecule has 5 heteroatoms. The van der Waals surface area contributed by atoms with Crippen molar-refractivity contribution in [1.29, 1.82) is 0 Å². The smallest absolute Gasteiger partial charge is 0.300 e. The van der Waals surface area contributed by atoms with Gasteiger partial charge in [-0.15, -0.1) is 0 Å². The average Bonchev–Trinajstić information content (AvgIpc) is 2.74. The number of nitrogens with one attached hydrogen (secondary N) is 1. The van der Waals surface area contributed by atoms with E-state index in [2.05, 4.69) is 12.2 Å². The van der Waals surface area contributed by atoms with Crippen molar-refractivity contribution in [2.45, 2.75) is 44.9 Å². The van der Waals surface area contributed by atoms with E-state index in [0.29, 0.717) is 6.04 Å². The van der Waals surface area contributed by atoms with Gasteiger partial charge in [0.2, 0.25) is 0 Å². The standard InChI is InChI=1S/C12H17NO2.C2H4O2/c1-8-5-6-11(13-8)12(15)9-3-2-4-10(14)7-9;1-2(3)4/h2-4,7-8,11-15H,5-6H2,1H3;1H3,(H,3,4)/t8-,11-,12+;/m0./s1. The largest absolute Gasteiger partial charge is 0.508 e. The molecule has 0 aliphatic carbocycles. The van der Waals surface area contributed by atoms with E-state index in [4.69, 9.17) is 9.90 Å². The average molecular weight is 267 g/mol. The lowest BCUT2D eigenvalue weighted by Crippen LogP contribution is -2.32. The number of carbonyl (C=O) groups is 1. The molecule has 1 aliphatic rings. The Morgan fingerprint density at radius 2 is 2.05 bits per heavy atom. The Hall–Kier alpha value is -1.59. The fourth-order valence-corrected chi connectivity index (χ4v) is 2.15. The molecule has 1 aromatic rings. The van der Waals surface area contributed by atoms with Crippen LogP contribution >= 0.6 is 0 Å². The maximum atomic E-state index is 10.1. The van der Waals surface area contributed by atoms with Crippen molar-refractivity contribution in [3.05, 3.63) is 29.8 Å². The number of carboxylic acids is 1. The molecule has 0 bridgehead atoms. The molecule has 3 atom stereocenters. The van der Waals surface area contributed by atoms with Crippen LogP contribution in [0.5, 0.6) is 5.75 Å². The highest BCUT2D eigenvalue weighted by molar-refractivity contribution is 5.62. The Labute approximate surface area is 112 Å². The van der Waals surface area contributed by atoms with Crippen LogP contribution in [0.4, 0.5) is 0 Å². The van der Waals surface area contributed by atoms with E-state index in [1.807, 2.05) is 6.07 Å². The van der Waals surface area contributed by atoms with E-state index in [1.165, 1.54) is 0 Å². The van der Waals surface area contributed by atoms with Crippen molar-refractivity contribution in [1.82, 2.24) is 5.32 Å². The second-order valence-electron chi connectivity index (χ2n) is 4.81. The number of rotatable bonds is 2. The lowest BCUT2D eigenvalue weighted by atomic mass is 10.0. The molecule has 0 aromatic heterocycles. The quantitative estimate of drug-likeness (QED) is 0.654. The Balaban J connectivity index is 0.000000399. The minimum absolute atomic E-state index is 0.113. The fraction of sp³-hybridized carbons (Fsp3) is 0.500. The van der Waals surface area contributed by atoms with Gasteiger partial charge in [-0.2, -0.15) is 0 Å². The molecule has 1 fully saturated rings. The van der Waals surface area contributed by atoms with Crippen molar-refractivity contribution in [3.63, 3.8) is 0 Å². The van der Waals surface area contributed by atoms with Gasteiger partial charge < -0.3 is 20.6 Å². The first kappa shape index (κ1) is 15.5. The number of benzene rings is 1. The number of aliphatic hydroxyl groups is 1. The van der Waals surface area contributed by atoms with E-state index >= 15 is 0 Å². The van der Waals surface area contributed by atoms with Crippen LogP contribution < -0.4 is 5.32 Å². The Morgan fingerprint density at radius 1 is 1.42 bits per heavy atom. The zero-order chi connectivity index (χ0) is 14.4. The first-order chi connectivity index (χ1) is 8.90. The van der Waals surface area contributed by atoms with Gasteiger partial charge in [-0.1, -0.05) is 12.1 Å². The maximum Gasteiger partial charge on any atom is 0.300 e. The number of carboxylic acid groups (broad SMARTS) is 1. The number of aliphatic carboxylic acids is 1. The third-order valence-corrected chi connectivity index (χ3v) is 3.00. The van der Waals surface area contributed by atoms with E-state index < -0.39 is 12.1 Å². The molecule has 106 valence electrons. The third kappa shape index (κ3) is 5.28. The predicted octanol–water partition coefficient (Wildman–Crippen LogP) is 1.66. The topological polar surface area (TPSA) is 89.8 Å². The zero-order valence-electron chi connectivity index (χ0n) is 11.2. The molecule has 4 N–H and O–H groups in total. The number of phenolic OH excluding ortho intramolecular Hbond substituents is 1. The van der Waals surface area contributed by atoms with E-state index in [0.717, 1.165) is 25.3 Å². The molecule has 5 nitrogen and oxygen atoms in total. The van der Waals surface area contributed by atoms with E-state index in [1.54, 1.807) is 18.2 Å². The van der Waals surface area contributed by atoms with Gasteiger partial charge in [-0.25, -0.2) is 0 Å². The van der Waals surface area contributed by atoms with Crippen LogP contribution in [0.1, 0.15) is 38.4 Å². The highest BCUT2D eigenvalue weighted by Crippen LogP contribution is 2.26. The van der Waals surface area contributed by atoms with Crippen molar-refractivity contribution < 1.29 is 20.1 Å². The Kier molecular flexibility index (Phi) is 5.79. The summed E-state index contributed by atoms with van der Waals surface area (Å²) < 4.78 is 0. The summed E-state index contributed by atoms with van der Waals surface area (Å²) in [4.78, 5) is 9.00. The summed E-state index contributed by atoms with van der Waals surface area (Å²) >= 11 is 0. The normalized spacial score (nSPS) is 23.3. The molecule has 0 unspecified atom stereocenters. The van der Waals surface area contributed by atoms with Gasteiger partial charge in [0.25, 0.3) is 5.97 Å². The second-order valence-corrected chi connectivity index (χ2v) is 4.81. The summed E-state index contributed by atoms with van der Waals surface area (Å²) in [5, 5.41) is 30.2. The SMILES string of the molecule is CC(=O)O.C[C@H]1CC[C@@H]([C@H](O)c2cccc(O)c2)N1. The molecule has 0 amide bonds. The minimum atomic E-state index is -0.833.